The van der Waals surface area contributed by atoms with E-state index in [1.807, 2.05) is 36.4 Å². The van der Waals surface area contributed by atoms with E-state index in [0.717, 1.165) is 23.1 Å². The Morgan fingerprint density at radius 2 is 2.00 bits per heavy atom. The molecule has 2 N–H and O–H groups in total. The number of hydrogen-bond donors (Lipinski definition) is 2. The molecule has 3 aromatic rings. The number of phenols is 1. The number of aromatic hydroxyl groups is 1. The van der Waals surface area contributed by atoms with E-state index in [1.54, 1.807) is 13.0 Å². The zero-order valence-corrected chi connectivity index (χ0v) is 16.8. The maximum Gasteiger partial charge on any atom is 0.280 e. The number of nitrogens with zero attached hydrogens (tertiary/aromatic N) is 2. The lowest BCUT2D eigenvalue weighted by Crippen LogP contribution is -2.33. The number of amides is 1. The number of fused-ring (bicyclic) bond motifs is 1. The number of nitrogens with one attached hydrogen (secondary N) is 1. The number of rotatable bonds is 6. The number of hydrogen-bond acceptors (Lipinski definition) is 6. The molecule has 1 amide bonds. The van der Waals surface area contributed by atoms with E-state index < -0.39 is 16.9 Å². The summed E-state index contributed by atoms with van der Waals surface area (Å²) in [6.07, 6.45) is 0.277. The summed E-state index contributed by atoms with van der Waals surface area (Å²) in [4.78, 5) is 22.6. The van der Waals surface area contributed by atoms with Gasteiger partial charge in [0.2, 0.25) is 0 Å². The molecule has 0 fully saturated rings. The van der Waals surface area contributed by atoms with Gasteiger partial charge in [0.15, 0.2) is 6.10 Å². The summed E-state index contributed by atoms with van der Waals surface area (Å²) in [5, 5.41) is 26.5. The third kappa shape index (κ3) is 4.69. The minimum Gasteiger partial charge on any atom is -0.506 e. The quantitative estimate of drug-likeness (QED) is 0.328. The Balaban J connectivity index is 1.70. The lowest BCUT2D eigenvalue weighted by atomic mass is 10.1. The first-order valence-electron chi connectivity index (χ1n) is 8.51. The first-order valence-corrected chi connectivity index (χ1v) is 9.30. The van der Waals surface area contributed by atoms with Crippen LogP contribution in [0, 0.1) is 10.1 Å². The second-order valence-corrected chi connectivity index (χ2v) is 6.95. The second-order valence-electron chi connectivity index (χ2n) is 6.09. The highest BCUT2D eigenvalue weighted by Crippen LogP contribution is 2.31. The molecule has 0 heterocycles. The summed E-state index contributed by atoms with van der Waals surface area (Å²) in [6, 6.07) is 15.5. The van der Waals surface area contributed by atoms with Gasteiger partial charge in [0.25, 0.3) is 11.6 Å². The lowest BCUT2D eigenvalue weighted by molar-refractivity contribution is -0.385. The van der Waals surface area contributed by atoms with Crippen LogP contribution in [0.15, 0.2) is 64.2 Å². The number of ether oxygens (including phenoxy) is 1. The predicted molar refractivity (Wildman–Crippen MR) is 112 cm³/mol. The summed E-state index contributed by atoms with van der Waals surface area (Å²) in [5.74, 6) is -0.179. The van der Waals surface area contributed by atoms with Gasteiger partial charge in [-0.05, 0) is 34.3 Å². The van der Waals surface area contributed by atoms with Gasteiger partial charge in [0, 0.05) is 23.1 Å². The molecule has 148 valence electrons. The Morgan fingerprint density at radius 1 is 1.28 bits per heavy atom. The summed E-state index contributed by atoms with van der Waals surface area (Å²) in [5.41, 5.74) is 2.15. The second kappa shape index (κ2) is 8.70. The maximum atomic E-state index is 12.3. The van der Waals surface area contributed by atoms with Gasteiger partial charge >= 0.3 is 0 Å². The average Bonchev–Trinajstić information content (AvgIpc) is 2.71. The lowest BCUT2D eigenvalue weighted by Gasteiger charge is -2.14. The monoisotopic (exact) mass is 457 g/mol. The smallest absolute Gasteiger partial charge is 0.280 e. The standard InChI is InChI=1S/C20H16BrN3O5/c1-12(29-18-8-4-6-13-5-2-3-7-16(13)18)20(26)23-22-11-14-9-15(24(27)28)10-17(21)19(14)25/h2-12,25H,1H3,(H,23,26)/b22-11+/t12-/m0/s1. The number of carbonyl (C=O) groups excluding carboxylic acids is 1. The molecule has 0 bridgehead atoms. The highest BCUT2D eigenvalue weighted by atomic mass is 79.9. The van der Waals surface area contributed by atoms with Crippen LogP contribution >= 0.6 is 15.9 Å². The molecule has 0 aliphatic heterocycles. The van der Waals surface area contributed by atoms with Crippen molar-refractivity contribution in [3.05, 3.63) is 74.7 Å². The molecule has 0 unspecified atom stereocenters. The van der Waals surface area contributed by atoms with Crippen molar-refractivity contribution in [3.63, 3.8) is 0 Å². The average molecular weight is 458 g/mol. The fourth-order valence-corrected chi connectivity index (χ4v) is 3.07. The van der Waals surface area contributed by atoms with Crippen molar-refractivity contribution in [1.82, 2.24) is 5.43 Å². The zero-order chi connectivity index (χ0) is 21.0. The Kier molecular flexibility index (Phi) is 6.08. The third-order valence-electron chi connectivity index (χ3n) is 4.09. The molecular formula is C20H16BrN3O5. The van der Waals surface area contributed by atoms with Crippen molar-refractivity contribution < 1.29 is 19.6 Å². The largest absolute Gasteiger partial charge is 0.506 e. The van der Waals surface area contributed by atoms with Crippen molar-refractivity contribution in [2.75, 3.05) is 0 Å². The normalized spacial score (nSPS) is 12.1. The van der Waals surface area contributed by atoms with Gasteiger partial charge in [-0.3, -0.25) is 14.9 Å². The number of halogens is 1. The van der Waals surface area contributed by atoms with Crippen molar-refractivity contribution >= 4 is 44.5 Å². The van der Waals surface area contributed by atoms with E-state index in [1.165, 1.54) is 6.07 Å². The summed E-state index contributed by atoms with van der Waals surface area (Å²) in [6.45, 7) is 1.58. The maximum absolute atomic E-state index is 12.3. The fraction of sp³-hybridized carbons (Fsp3) is 0.100. The number of benzene rings is 3. The molecule has 0 saturated carbocycles. The highest BCUT2D eigenvalue weighted by molar-refractivity contribution is 9.10. The van der Waals surface area contributed by atoms with Gasteiger partial charge in [-0.1, -0.05) is 36.4 Å². The minimum absolute atomic E-state index is 0.0778. The van der Waals surface area contributed by atoms with Crippen LogP contribution in [0.5, 0.6) is 11.5 Å². The highest BCUT2D eigenvalue weighted by Gasteiger charge is 2.16. The van der Waals surface area contributed by atoms with E-state index in [4.69, 9.17) is 4.74 Å². The van der Waals surface area contributed by atoms with Crippen LogP contribution in [-0.4, -0.2) is 28.3 Å². The Morgan fingerprint density at radius 3 is 2.76 bits per heavy atom. The Labute approximate surface area is 174 Å². The molecule has 9 heteroatoms. The molecular weight excluding hydrogens is 442 g/mol. The van der Waals surface area contributed by atoms with Crippen molar-refractivity contribution in [1.29, 1.82) is 0 Å². The number of hydrazone groups is 1. The Hall–Kier alpha value is -3.46. The van der Waals surface area contributed by atoms with Crippen LogP contribution in [0.25, 0.3) is 10.8 Å². The zero-order valence-electron chi connectivity index (χ0n) is 15.2. The van der Waals surface area contributed by atoms with Gasteiger partial charge in [0.05, 0.1) is 15.6 Å². The van der Waals surface area contributed by atoms with Gasteiger partial charge in [-0.15, -0.1) is 0 Å². The van der Waals surface area contributed by atoms with Gasteiger partial charge in [0.1, 0.15) is 11.5 Å². The van der Waals surface area contributed by atoms with Crippen LogP contribution < -0.4 is 10.2 Å². The summed E-state index contributed by atoms with van der Waals surface area (Å²) in [7, 11) is 0. The molecule has 8 nitrogen and oxygen atoms in total. The first kappa shape index (κ1) is 20.3. The van der Waals surface area contributed by atoms with Crippen LogP contribution in [0.1, 0.15) is 12.5 Å². The number of nitro benzene ring substituents is 1. The number of nitro groups is 1. The van der Waals surface area contributed by atoms with Crippen LogP contribution in [0.2, 0.25) is 0 Å². The van der Waals surface area contributed by atoms with E-state index in [9.17, 15) is 20.0 Å². The molecule has 0 saturated heterocycles. The van der Waals surface area contributed by atoms with Crippen LogP contribution in [0.3, 0.4) is 0 Å². The van der Waals surface area contributed by atoms with Gasteiger partial charge in [-0.25, -0.2) is 5.43 Å². The molecule has 0 aromatic heterocycles. The molecule has 29 heavy (non-hydrogen) atoms. The van der Waals surface area contributed by atoms with Gasteiger partial charge < -0.3 is 9.84 Å². The molecule has 1 atom stereocenters. The van der Waals surface area contributed by atoms with Crippen molar-refractivity contribution in [3.8, 4) is 11.5 Å². The van der Waals surface area contributed by atoms with Crippen molar-refractivity contribution in [2.24, 2.45) is 5.10 Å². The minimum atomic E-state index is -0.844. The Bertz CT molecular complexity index is 1110. The predicted octanol–water partition coefficient (Wildman–Crippen LogP) is 4.13. The number of phenolic OH excluding ortho intramolecular Hbond substituents is 1. The van der Waals surface area contributed by atoms with E-state index in [2.05, 4.69) is 26.5 Å². The number of carbonyl (C=O) groups is 1. The summed E-state index contributed by atoms with van der Waals surface area (Å²) < 4.78 is 5.90. The van der Waals surface area contributed by atoms with Gasteiger partial charge in [-0.2, -0.15) is 5.10 Å². The van der Waals surface area contributed by atoms with Crippen LogP contribution in [0.4, 0.5) is 5.69 Å². The first-order chi connectivity index (χ1) is 13.9. The fourth-order valence-electron chi connectivity index (χ4n) is 2.61. The summed E-state index contributed by atoms with van der Waals surface area (Å²) >= 11 is 3.04. The topological polar surface area (TPSA) is 114 Å². The number of non-ortho nitro benzene ring substituents is 1. The van der Waals surface area contributed by atoms with E-state index in [-0.39, 0.29) is 21.5 Å². The molecule has 3 aromatic carbocycles. The SMILES string of the molecule is C[C@H](Oc1cccc2ccccc12)C(=O)N/N=C/c1cc([N+](=O)[O-])cc(Br)c1O. The van der Waals surface area contributed by atoms with E-state index in [0.29, 0.717) is 5.75 Å². The molecule has 0 aliphatic carbocycles. The molecule has 0 aliphatic rings. The molecule has 3 rings (SSSR count). The van der Waals surface area contributed by atoms with E-state index >= 15 is 0 Å². The van der Waals surface area contributed by atoms with Crippen LogP contribution in [-0.2, 0) is 4.79 Å². The molecule has 0 radical (unpaired) electrons. The molecule has 0 spiro atoms. The van der Waals surface area contributed by atoms with Crippen molar-refractivity contribution in [2.45, 2.75) is 13.0 Å². The third-order valence-corrected chi connectivity index (χ3v) is 4.69.